The summed E-state index contributed by atoms with van der Waals surface area (Å²) in [6.45, 7) is 2.12. The Hall–Kier alpha value is -1.49. The van der Waals surface area contributed by atoms with Gasteiger partial charge in [-0.2, -0.15) is 11.8 Å². The standard InChI is InChI=1S/C14H17N3OS/c1-10-4-5-11(14-17-15-9-18-14)7-13(10)16-12-3-2-6-19-8-12/h4-5,7,9,12,16H,2-3,6,8H2,1H3. The molecule has 5 heteroatoms. The van der Waals surface area contributed by atoms with Gasteiger partial charge in [0.1, 0.15) is 0 Å². The third-order valence-electron chi connectivity index (χ3n) is 3.36. The van der Waals surface area contributed by atoms with E-state index in [0.717, 1.165) is 5.56 Å². The molecule has 0 amide bonds. The summed E-state index contributed by atoms with van der Waals surface area (Å²) in [7, 11) is 0. The Labute approximate surface area is 117 Å². The van der Waals surface area contributed by atoms with E-state index in [2.05, 4.69) is 34.6 Å². The third-order valence-corrected chi connectivity index (χ3v) is 4.58. The van der Waals surface area contributed by atoms with Crippen LogP contribution in [0, 0.1) is 6.92 Å². The molecule has 1 aliphatic rings. The van der Waals surface area contributed by atoms with E-state index in [-0.39, 0.29) is 0 Å². The normalized spacial score (nSPS) is 19.3. The molecule has 3 rings (SSSR count). The predicted octanol–water partition coefficient (Wildman–Crippen LogP) is 3.35. The van der Waals surface area contributed by atoms with Gasteiger partial charge < -0.3 is 9.73 Å². The lowest BCUT2D eigenvalue weighted by atomic mass is 10.1. The molecule has 0 saturated carbocycles. The number of thioether (sulfide) groups is 1. The molecule has 1 aromatic heterocycles. The molecular weight excluding hydrogens is 258 g/mol. The highest BCUT2D eigenvalue weighted by Gasteiger charge is 2.15. The fraction of sp³-hybridized carbons (Fsp3) is 0.429. The largest absolute Gasteiger partial charge is 0.423 e. The number of benzene rings is 1. The van der Waals surface area contributed by atoms with Crippen LogP contribution in [0.4, 0.5) is 5.69 Å². The first-order chi connectivity index (χ1) is 9.33. The summed E-state index contributed by atoms with van der Waals surface area (Å²) in [5, 5.41) is 11.3. The maximum atomic E-state index is 5.25. The maximum absolute atomic E-state index is 5.25. The molecule has 1 fully saturated rings. The molecule has 0 spiro atoms. The fourth-order valence-electron chi connectivity index (χ4n) is 2.28. The first-order valence-corrected chi connectivity index (χ1v) is 7.70. The van der Waals surface area contributed by atoms with E-state index in [0.29, 0.717) is 11.9 Å². The molecule has 0 bridgehead atoms. The number of hydrogen-bond acceptors (Lipinski definition) is 5. The molecule has 19 heavy (non-hydrogen) atoms. The van der Waals surface area contributed by atoms with Gasteiger partial charge in [-0.15, -0.1) is 10.2 Å². The second kappa shape index (κ2) is 5.65. The Kier molecular flexibility index (Phi) is 3.73. The van der Waals surface area contributed by atoms with Crippen molar-refractivity contribution in [1.82, 2.24) is 10.2 Å². The minimum atomic E-state index is 0.565. The van der Waals surface area contributed by atoms with Gasteiger partial charge in [-0.1, -0.05) is 6.07 Å². The van der Waals surface area contributed by atoms with Gasteiger partial charge in [0, 0.05) is 23.0 Å². The van der Waals surface area contributed by atoms with E-state index in [9.17, 15) is 0 Å². The molecule has 0 radical (unpaired) electrons. The van der Waals surface area contributed by atoms with Crippen LogP contribution in [0.3, 0.4) is 0 Å². The first-order valence-electron chi connectivity index (χ1n) is 6.54. The smallest absolute Gasteiger partial charge is 0.247 e. The summed E-state index contributed by atoms with van der Waals surface area (Å²) < 4.78 is 5.25. The number of hydrogen-bond donors (Lipinski definition) is 1. The van der Waals surface area contributed by atoms with Crippen LogP contribution in [-0.4, -0.2) is 27.7 Å². The summed E-state index contributed by atoms with van der Waals surface area (Å²) in [4.78, 5) is 0. The lowest BCUT2D eigenvalue weighted by molar-refractivity contribution is 0.568. The number of anilines is 1. The lowest BCUT2D eigenvalue weighted by Crippen LogP contribution is -2.26. The van der Waals surface area contributed by atoms with Crippen molar-refractivity contribution in [3.63, 3.8) is 0 Å². The zero-order valence-corrected chi connectivity index (χ0v) is 11.7. The number of nitrogens with zero attached hydrogens (tertiary/aromatic N) is 2. The highest BCUT2D eigenvalue weighted by Crippen LogP contribution is 2.27. The molecule has 4 nitrogen and oxygen atoms in total. The van der Waals surface area contributed by atoms with Crippen LogP contribution in [0.2, 0.25) is 0 Å². The van der Waals surface area contributed by atoms with Crippen molar-refractivity contribution in [2.24, 2.45) is 0 Å². The van der Waals surface area contributed by atoms with Crippen molar-refractivity contribution in [2.45, 2.75) is 25.8 Å². The topological polar surface area (TPSA) is 51.0 Å². The summed E-state index contributed by atoms with van der Waals surface area (Å²) in [6, 6.07) is 6.78. The molecule has 1 N–H and O–H groups in total. The summed E-state index contributed by atoms with van der Waals surface area (Å²) in [5.74, 6) is 3.05. The molecule has 2 heterocycles. The average molecular weight is 275 g/mol. The maximum Gasteiger partial charge on any atom is 0.247 e. The van der Waals surface area contributed by atoms with Crippen molar-refractivity contribution in [3.8, 4) is 11.5 Å². The van der Waals surface area contributed by atoms with Crippen molar-refractivity contribution in [2.75, 3.05) is 16.8 Å². The molecule has 1 saturated heterocycles. The van der Waals surface area contributed by atoms with Crippen molar-refractivity contribution in [3.05, 3.63) is 30.2 Å². The SMILES string of the molecule is Cc1ccc(-c2nnco2)cc1NC1CCCSC1. The Bertz CT molecular complexity index is 536. The minimum Gasteiger partial charge on any atom is -0.423 e. The van der Waals surface area contributed by atoms with Gasteiger partial charge in [-0.05, 0) is 43.2 Å². The molecule has 100 valence electrons. The third kappa shape index (κ3) is 2.92. The Morgan fingerprint density at radius 1 is 1.42 bits per heavy atom. The molecular formula is C14H17N3OS. The van der Waals surface area contributed by atoms with Crippen molar-refractivity contribution >= 4 is 17.4 Å². The van der Waals surface area contributed by atoms with Gasteiger partial charge in [0.2, 0.25) is 12.3 Å². The fourth-order valence-corrected chi connectivity index (χ4v) is 3.36. The van der Waals surface area contributed by atoms with Crippen molar-refractivity contribution in [1.29, 1.82) is 0 Å². The van der Waals surface area contributed by atoms with Crippen LogP contribution in [-0.2, 0) is 0 Å². The molecule has 1 aliphatic heterocycles. The molecule has 1 atom stereocenters. The zero-order chi connectivity index (χ0) is 13.1. The van der Waals surface area contributed by atoms with Gasteiger partial charge in [-0.3, -0.25) is 0 Å². The van der Waals surface area contributed by atoms with Gasteiger partial charge in [0.15, 0.2) is 0 Å². The van der Waals surface area contributed by atoms with Crippen LogP contribution in [0.1, 0.15) is 18.4 Å². The number of rotatable bonds is 3. The number of aryl methyl sites for hydroxylation is 1. The molecule has 1 aromatic carbocycles. The highest BCUT2D eigenvalue weighted by molar-refractivity contribution is 7.99. The van der Waals surface area contributed by atoms with Gasteiger partial charge in [0.25, 0.3) is 0 Å². The second-order valence-electron chi connectivity index (χ2n) is 4.83. The second-order valence-corrected chi connectivity index (χ2v) is 5.98. The van der Waals surface area contributed by atoms with Gasteiger partial charge in [0.05, 0.1) is 0 Å². The van der Waals surface area contributed by atoms with E-state index in [1.807, 2.05) is 17.8 Å². The number of nitrogens with one attached hydrogen (secondary N) is 1. The Balaban J connectivity index is 1.81. The lowest BCUT2D eigenvalue weighted by Gasteiger charge is -2.24. The quantitative estimate of drug-likeness (QED) is 0.931. The van der Waals surface area contributed by atoms with Crippen LogP contribution < -0.4 is 5.32 Å². The predicted molar refractivity (Wildman–Crippen MR) is 78.4 cm³/mol. The van der Waals surface area contributed by atoms with E-state index in [1.165, 1.54) is 42.0 Å². The van der Waals surface area contributed by atoms with Crippen LogP contribution in [0.5, 0.6) is 0 Å². The van der Waals surface area contributed by atoms with Crippen LogP contribution >= 0.6 is 11.8 Å². The molecule has 0 aliphatic carbocycles. The van der Waals surface area contributed by atoms with Crippen LogP contribution in [0.25, 0.3) is 11.5 Å². The van der Waals surface area contributed by atoms with Crippen molar-refractivity contribution < 1.29 is 4.42 Å². The number of aromatic nitrogens is 2. The summed E-state index contributed by atoms with van der Waals surface area (Å²) in [5.41, 5.74) is 3.39. The summed E-state index contributed by atoms with van der Waals surface area (Å²) >= 11 is 2.03. The Morgan fingerprint density at radius 2 is 2.37 bits per heavy atom. The van der Waals surface area contributed by atoms with E-state index < -0.39 is 0 Å². The minimum absolute atomic E-state index is 0.565. The molecule has 2 aromatic rings. The average Bonchev–Trinajstić information content (AvgIpc) is 2.96. The van der Waals surface area contributed by atoms with Gasteiger partial charge >= 0.3 is 0 Å². The summed E-state index contributed by atoms with van der Waals surface area (Å²) in [6.07, 6.45) is 3.90. The zero-order valence-electron chi connectivity index (χ0n) is 10.9. The van der Waals surface area contributed by atoms with Crippen LogP contribution in [0.15, 0.2) is 29.0 Å². The molecule has 1 unspecified atom stereocenters. The van der Waals surface area contributed by atoms with Gasteiger partial charge in [-0.25, -0.2) is 0 Å². The highest BCUT2D eigenvalue weighted by atomic mass is 32.2. The first kappa shape index (κ1) is 12.5. The van der Waals surface area contributed by atoms with E-state index >= 15 is 0 Å². The van der Waals surface area contributed by atoms with E-state index in [1.54, 1.807) is 0 Å². The Morgan fingerprint density at radius 3 is 3.11 bits per heavy atom. The monoisotopic (exact) mass is 275 g/mol. The van der Waals surface area contributed by atoms with E-state index in [4.69, 9.17) is 4.42 Å².